The van der Waals surface area contributed by atoms with Gasteiger partial charge in [0.15, 0.2) is 11.5 Å². The zero-order chi connectivity index (χ0) is 15.2. The number of aryl methyl sites for hydroxylation is 1. The Bertz CT molecular complexity index is 427. The summed E-state index contributed by atoms with van der Waals surface area (Å²) in [6, 6.07) is 4.03. The van der Waals surface area contributed by atoms with Crippen molar-refractivity contribution in [2.24, 2.45) is 0 Å². The lowest BCUT2D eigenvalue weighted by atomic mass is 10.1. The van der Waals surface area contributed by atoms with E-state index in [1.165, 1.54) is 5.56 Å². The maximum absolute atomic E-state index is 5.35. The van der Waals surface area contributed by atoms with E-state index in [9.17, 15) is 0 Å². The third-order valence-electron chi connectivity index (χ3n) is 3.08. The molecule has 0 amide bonds. The van der Waals surface area contributed by atoms with Crippen LogP contribution in [0.4, 0.5) is 0 Å². The quantitative estimate of drug-likeness (QED) is 0.753. The number of benzene rings is 1. The van der Waals surface area contributed by atoms with Crippen LogP contribution in [0.5, 0.6) is 11.5 Å². The minimum Gasteiger partial charge on any atom is -0.493 e. The van der Waals surface area contributed by atoms with Gasteiger partial charge in [0.2, 0.25) is 0 Å². The molecule has 0 saturated heterocycles. The summed E-state index contributed by atoms with van der Waals surface area (Å²) in [6.07, 6.45) is 3.35. The van der Waals surface area contributed by atoms with Crippen molar-refractivity contribution in [1.82, 2.24) is 5.32 Å². The van der Waals surface area contributed by atoms with E-state index in [1.807, 2.05) is 6.07 Å². The molecule has 0 heterocycles. The zero-order valence-corrected chi connectivity index (χ0v) is 14.8. The molecule has 0 saturated carbocycles. The van der Waals surface area contributed by atoms with Crippen molar-refractivity contribution in [3.05, 3.63) is 22.2 Å². The number of hydrogen-bond donors (Lipinski definition) is 1. The first-order chi connectivity index (χ1) is 9.37. The summed E-state index contributed by atoms with van der Waals surface area (Å²) in [5.74, 6) is 1.55. The van der Waals surface area contributed by atoms with E-state index in [0.29, 0.717) is 0 Å². The largest absolute Gasteiger partial charge is 0.493 e. The lowest BCUT2D eigenvalue weighted by Crippen LogP contribution is -2.36. The van der Waals surface area contributed by atoms with E-state index in [-0.39, 0.29) is 5.54 Å². The van der Waals surface area contributed by atoms with E-state index in [0.717, 1.165) is 41.8 Å². The lowest BCUT2D eigenvalue weighted by Gasteiger charge is -2.20. The topological polar surface area (TPSA) is 30.5 Å². The molecule has 0 aliphatic carbocycles. The van der Waals surface area contributed by atoms with Crippen molar-refractivity contribution in [2.75, 3.05) is 20.8 Å². The van der Waals surface area contributed by atoms with E-state index < -0.39 is 0 Å². The van der Waals surface area contributed by atoms with Gasteiger partial charge in [-0.05, 0) is 64.3 Å². The van der Waals surface area contributed by atoms with Gasteiger partial charge in [-0.1, -0.05) is 15.9 Å². The predicted octanol–water partition coefficient (Wildman–Crippen LogP) is 4.18. The molecule has 0 unspecified atom stereocenters. The minimum absolute atomic E-state index is 0.198. The molecule has 0 radical (unpaired) electrons. The number of methoxy groups -OCH3 is 2. The second-order valence-electron chi connectivity index (χ2n) is 5.93. The second-order valence-corrected chi connectivity index (χ2v) is 6.79. The van der Waals surface area contributed by atoms with Crippen molar-refractivity contribution < 1.29 is 9.47 Å². The Labute approximate surface area is 131 Å². The first-order valence-corrected chi connectivity index (χ1v) is 7.82. The molecule has 0 aliphatic heterocycles. The molecule has 4 heteroatoms. The van der Waals surface area contributed by atoms with Gasteiger partial charge < -0.3 is 14.8 Å². The van der Waals surface area contributed by atoms with Crippen molar-refractivity contribution in [3.63, 3.8) is 0 Å². The number of nitrogens with one attached hydrogen (secondary N) is 1. The van der Waals surface area contributed by atoms with Gasteiger partial charge >= 0.3 is 0 Å². The van der Waals surface area contributed by atoms with Crippen molar-refractivity contribution in [3.8, 4) is 11.5 Å². The van der Waals surface area contributed by atoms with Gasteiger partial charge in [0.05, 0.1) is 14.2 Å². The fourth-order valence-corrected chi connectivity index (χ4v) is 2.51. The third-order valence-corrected chi connectivity index (χ3v) is 3.82. The highest BCUT2D eigenvalue weighted by Crippen LogP contribution is 2.33. The molecule has 1 aromatic rings. The summed E-state index contributed by atoms with van der Waals surface area (Å²) in [4.78, 5) is 0. The van der Waals surface area contributed by atoms with Crippen molar-refractivity contribution in [2.45, 2.75) is 45.6 Å². The lowest BCUT2D eigenvalue weighted by molar-refractivity contribution is 0.354. The maximum atomic E-state index is 5.35. The van der Waals surface area contributed by atoms with Gasteiger partial charge in [-0.15, -0.1) is 0 Å². The first kappa shape index (κ1) is 17.3. The second kappa shape index (κ2) is 7.89. The van der Waals surface area contributed by atoms with Gasteiger partial charge in [0, 0.05) is 10.0 Å². The summed E-state index contributed by atoms with van der Waals surface area (Å²) in [5.41, 5.74) is 1.46. The Morgan fingerprint density at radius 2 is 1.65 bits per heavy atom. The van der Waals surface area contributed by atoms with Crippen LogP contribution in [-0.4, -0.2) is 26.3 Å². The van der Waals surface area contributed by atoms with Crippen LogP contribution in [0.25, 0.3) is 0 Å². The fourth-order valence-electron chi connectivity index (χ4n) is 1.99. The van der Waals surface area contributed by atoms with Crippen LogP contribution >= 0.6 is 15.9 Å². The zero-order valence-electron chi connectivity index (χ0n) is 13.2. The van der Waals surface area contributed by atoms with Crippen LogP contribution in [0, 0.1) is 0 Å². The summed E-state index contributed by atoms with van der Waals surface area (Å²) in [5, 5.41) is 3.51. The van der Waals surface area contributed by atoms with Crippen LogP contribution in [-0.2, 0) is 6.42 Å². The van der Waals surface area contributed by atoms with Crippen molar-refractivity contribution >= 4 is 15.9 Å². The molecule has 0 spiro atoms. The first-order valence-electron chi connectivity index (χ1n) is 7.03. The standard InChI is InChI=1S/C16H26BrNO2/c1-16(2,3)18-9-7-6-8-12-10-14(19-4)15(20-5)11-13(12)17/h10-11,18H,6-9H2,1-5H3. The molecule has 0 atom stereocenters. The fraction of sp³-hybridized carbons (Fsp3) is 0.625. The molecule has 3 nitrogen and oxygen atoms in total. The highest BCUT2D eigenvalue weighted by Gasteiger charge is 2.10. The summed E-state index contributed by atoms with van der Waals surface area (Å²) in [7, 11) is 3.32. The van der Waals surface area contributed by atoms with Crippen LogP contribution in [0.15, 0.2) is 16.6 Å². The monoisotopic (exact) mass is 343 g/mol. The van der Waals surface area contributed by atoms with Crippen LogP contribution in [0.3, 0.4) is 0 Å². The predicted molar refractivity (Wildman–Crippen MR) is 87.9 cm³/mol. The Balaban J connectivity index is 2.52. The molecule has 114 valence electrons. The van der Waals surface area contributed by atoms with E-state index in [2.05, 4.69) is 48.1 Å². The van der Waals surface area contributed by atoms with Gasteiger partial charge in [0.25, 0.3) is 0 Å². The molecule has 0 bridgehead atoms. The third kappa shape index (κ3) is 5.71. The SMILES string of the molecule is COc1cc(Br)c(CCCCNC(C)(C)C)cc1OC. The van der Waals surface area contributed by atoms with Crippen LogP contribution < -0.4 is 14.8 Å². The smallest absolute Gasteiger partial charge is 0.161 e. The molecule has 20 heavy (non-hydrogen) atoms. The molecular weight excluding hydrogens is 318 g/mol. The average molecular weight is 344 g/mol. The van der Waals surface area contributed by atoms with Crippen LogP contribution in [0.1, 0.15) is 39.2 Å². The van der Waals surface area contributed by atoms with E-state index in [1.54, 1.807) is 14.2 Å². The Morgan fingerprint density at radius 3 is 2.20 bits per heavy atom. The van der Waals surface area contributed by atoms with Gasteiger partial charge in [-0.2, -0.15) is 0 Å². The highest BCUT2D eigenvalue weighted by atomic mass is 79.9. The minimum atomic E-state index is 0.198. The Hall–Kier alpha value is -0.740. The van der Waals surface area contributed by atoms with Gasteiger partial charge in [-0.3, -0.25) is 0 Å². The number of ether oxygens (including phenoxy) is 2. The molecule has 1 rings (SSSR count). The maximum Gasteiger partial charge on any atom is 0.161 e. The van der Waals surface area contributed by atoms with Crippen molar-refractivity contribution in [1.29, 1.82) is 0 Å². The van der Waals surface area contributed by atoms with Gasteiger partial charge in [0.1, 0.15) is 0 Å². The molecule has 1 aromatic carbocycles. The van der Waals surface area contributed by atoms with Crippen LogP contribution in [0.2, 0.25) is 0 Å². The number of halogens is 1. The Morgan fingerprint density at radius 1 is 1.05 bits per heavy atom. The Kier molecular flexibility index (Phi) is 6.83. The molecule has 0 fully saturated rings. The molecule has 0 aliphatic rings. The average Bonchev–Trinajstić information content (AvgIpc) is 2.38. The van der Waals surface area contributed by atoms with Gasteiger partial charge in [-0.25, -0.2) is 0 Å². The molecule has 1 N–H and O–H groups in total. The van der Waals surface area contributed by atoms with E-state index >= 15 is 0 Å². The summed E-state index contributed by atoms with van der Waals surface area (Å²) in [6.45, 7) is 7.63. The normalized spacial score (nSPS) is 11.5. The number of rotatable bonds is 7. The highest BCUT2D eigenvalue weighted by molar-refractivity contribution is 9.10. The summed E-state index contributed by atoms with van der Waals surface area (Å²) < 4.78 is 11.7. The number of hydrogen-bond acceptors (Lipinski definition) is 3. The number of unbranched alkanes of at least 4 members (excludes halogenated alkanes) is 1. The molecule has 0 aromatic heterocycles. The van der Waals surface area contributed by atoms with E-state index in [4.69, 9.17) is 9.47 Å². The summed E-state index contributed by atoms with van der Waals surface area (Å²) >= 11 is 3.60. The molecular formula is C16H26BrNO2.